The zero-order valence-corrected chi connectivity index (χ0v) is 12.8. The van der Waals surface area contributed by atoms with Gasteiger partial charge in [-0.15, -0.1) is 0 Å². The summed E-state index contributed by atoms with van der Waals surface area (Å²) in [7, 11) is 0. The summed E-state index contributed by atoms with van der Waals surface area (Å²) in [4.78, 5) is 2.58. The van der Waals surface area contributed by atoms with Crippen LogP contribution in [0, 0.1) is 11.8 Å². The van der Waals surface area contributed by atoms with Crippen LogP contribution in [0.2, 0.25) is 0 Å². The minimum absolute atomic E-state index is 0.402. The van der Waals surface area contributed by atoms with Crippen LogP contribution in [0.3, 0.4) is 0 Å². The van der Waals surface area contributed by atoms with Crippen LogP contribution in [0.25, 0.3) is 0 Å². The maximum atomic E-state index is 6.44. The van der Waals surface area contributed by atoms with Gasteiger partial charge in [0.2, 0.25) is 0 Å². The van der Waals surface area contributed by atoms with E-state index in [9.17, 15) is 0 Å². The molecule has 0 bridgehead atoms. The van der Waals surface area contributed by atoms with Crippen LogP contribution in [0.1, 0.15) is 65.7 Å². The molecule has 0 aromatic rings. The number of hydrogen-bond donors (Lipinski definition) is 1. The Bertz CT molecular complexity index is 195. The highest BCUT2D eigenvalue weighted by molar-refractivity contribution is 4.79. The molecular formula is C16H34N2. The van der Waals surface area contributed by atoms with E-state index >= 15 is 0 Å². The summed E-state index contributed by atoms with van der Waals surface area (Å²) >= 11 is 0. The lowest BCUT2D eigenvalue weighted by molar-refractivity contribution is 0.186. The van der Waals surface area contributed by atoms with E-state index in [1.807, 2.05) is 0 Å². The molecule has 1 saturated carbocycles. The Kier molecular flexibility index (Phi) is 7.92. The molecule has 0 amide bonds. The summed E-state index contributed by atoms with van der Waals surface area (Å²) in [5.41, 5.74) is 6.44. The lowest BCUT2D eigenvalue weighted by Gasteiger charge is -2.33. The summed E-state index contributed by atoms with van der Waals surface area (Å²) in [5.74, 6) is 1.64. The first-order chi connectivity index (χ1) is 8.71. The highest BCUT2D eigenvalue weighted by Crippen LogP contribution is 2.26. The Morgan fingerprint density at radius 3 is 2.11 bits per heavy atom. The van der Waals surface area contributed by atoms with Gasteiger partial charge in [0.05, 0.1) is 0 Å². The fourth-order valence-electron chi connectivity index (χ4n) is 3.25. The molecule has 0 heterocycles. The highest BCUT2D eigenvalue weighted by Gasteiger charge is 2.22. The molecule has 0 spiro atoms. The van der Waals surface area contributed by atoms with Crippen molar-refractivity contribution in [3.8, 4) is 0 Å². The number of nitrogens with two attached hydrogens (primary N) is 1. The first kappa shape index (κ1) is 16.0. The van der Waals surface area contributed by atoms with Crippen molar-refractivity contribution >= 4 is 0 Å². The Labute approximate surface area is 114 Å². The Morgan fingerprint density at radius 2 is 1.61 bits per heavy atom. The minimum Gasteiger partial charge on any atom is -0.326 e. The van der Waals surface area contributed by atoms with Crippen molar-refractivity contribution in [3.05, 3.63) is 0 Å². The average molecular weight is 254 g/mol. The largest absolute Gasteiger partial charge is 0.326 e. The topological polar surface area (TPSA) is 29.3 Å². The second-order valence-electron chi connectivity index (χ2n) is 6.10. The van der Waals surface area contributed by atoms with Gasteiger partial charge in [-0.3, -0.25) is 0 Å². The van der Waals surface area contributed by atoms with Crippen LogP contribution in [0.5, 0.6) is 0 Å². The molecule has 2 N–H and O–H groups in total. The van der Waals surface area contributed by atoms with Crippen molar-refractivity contribution in [3.63, 3.8) is 0 Å². The van der Waals surface area contributed by atoms with Gasteiger partial charge in [-0.05, 0) is 31.2 Å². The van der Waals surface area contributed by atoms with Gasteiger partial charge in [-0.2, -0.15) is 0 Å². The number of nitrogens with zero attached hydrogens (tertiary/aromatic N) is 1. The van der Waals surface area contributed by atoms with Crippen molar-refractivity contribution in [2.45, 2.75) is 71.8 Å². The lowest BCUT2D eigenvalue weighted by atomic mass is 9.84. The van der Waals surface area contributed by atoms with Gasteiger partial charge < -0.3 is 10.6 Å². The molecule has 0 saturated heterocycles. The summed E-state index contributed by atoms with van der Waals surface area (Å²) in [6.07, 6.45) is 9.55. The molecule has 1 rings (SSSR count). The highest BCUT2D eigenvalue weighted by atomic mass is 15.1. The molecule has 108 valence electrons. The fourth-order valence-corrected chi connectivity index (χ4v) is 3.25. The zero-order valence-electron chi connectivity index (χ0n) is 12.8. The molecule has 1 atom stereocenters. The molecule has 1 aliphatic carbocycles. The van der Waals surface area contributed by atoms with E-state index in [1.54, 1.807) is 0 Å². The average Bonchev–Trinajstić information content (AvgIpc) is 2.44. The standard InChI is InChI=1S/C16H34N2/c1-4-14(5-2)12-18(6-3)13-16(17)15-10-8-7-9-11-15/h14-16H,4-13,17H2,1-3H3. The van der Waals surface area contributed by atoms with Gasteiger partial charge in [0, 0.05) is 19.1 Å². The van der Waals surface area contributed by atoms with Crippen molar-refractivity contribution < 1.29 is 0 Å². The van der Waals surface area contributed by atoms with Crippen molar-refractivity contribution in [1.29, 1.82) is 0 Å². The predicted octanol–water partition coefficient (Wildman–Crippen LogP) is 3.65. The number of hydrogen-bond acceptors (Lipinski definition) is 2. The first-order valence-electron chi connectivity index (χ1n) is 8.19. The van der Waals surface area contributed by atoms with Crippen molar-refractivity contribution in [2.24, 2.45) is 17.6 Å². The Morgan fingerprint density at radius 1 is 1.00 bits per heavy atom. The van der Waals surface area contributed by atoms with E-state index in [0.29, 0.717) is 6.04 Å². The molecule has 2 heteroatoms. The summed E-state index contributed by atoms with van der Waals surface area (Å²) in [5, 5.41) is 0. The zero-order chi connectivity index (χ0) is 13.4. The van der Waals surface area contributed by atoms with Crippen LogP contribution in [-0.4, -0.2) is 30.6 Å². The quantitative estimate of drug-likeness (QED) is 0.716. The van der Waals surface area contributed by atoms with Crippen molar-refractivity contribution in [1.82, 2.24) is 4.90 Å². The smallest absolute Gasteiger partial charge is 0.0196 e. The normalized spacial score (nSPS) is 19.7. The van der Waals surface area contributed by atoms with Gasteiger partial charge in [-0.25, -0.2) is 0 Å². The van der Waals surface area contributed by atoms with E-state index in [4.69, 9.17) is 5.73 Å². The predicted molar refractivity (Wildman–Crippen MR) is 80.7 cm³/mol. The molecule has 0 aliphatic heterocycles. The Hall–Kier alpha value is -0.0800. The van der Waals surface area contributed by atoms with E-state index < -0.39 is 0 Å². The molecule has 18 heavy (non-hydrogen) atoms. The molecule has 1 fully saturated rings. The van der Waals surface area contributed by atoms with Gasteiger partial charge in [0.1, 0.15) is 0 Å². The van der Waals surface area contributed by atoms with Gasteiger partial charge in [0.25, 0.3) is 0 Å². The van der Waals surface area contributed by atoms with Gasteiger partial charge in [-0.1, -0.05) is 52.9 Å². The number of likely N-dealkylation sites (N-methyl/N-ethyl adjacent to an activating group) is 1. The number of rotatable bonds is 8. The van der Waals surface area contributed by atoms with E-state index in [0.717, 1.165) is 24.9 Å². The Balaban J connectivity index is 2.36. The SMILES string of the molecule is CCC(CC)CN(CC)CC(N)C1CCCCC1. The summed E-state index contributed by atoms with van der Waals surface area (Å²) < 4.78 is 0. The van der Waals surface area contributed by atoms with E-state index in [1.165, 1.54) is 51.5 Å². The maximum Gasteiger partial charge on any atom is 0.0196 e. The lowest BCUT2D eigenvalue weighted by Crippen LogP contribution is -2.44. The third kappa shape index (κ3) is 5.27. The first-order valence-corrected chi connectivity index (χ1v) is 8.19. The minimum atomic E-state index is 0.402. The molecular weight excluding hydrogens is 220 g/mol. The van der Waals surface area contributed by atoms with E-state index in [-0.39, 0.29) is 0 Å². The third-order valence-corrected chi connectivity index (χ3v) is 4.84. The summed E-state index contributed by atoms with van der Waals surface area (Å²) in [6.45, 7) is 10.4. The van der Waals surface area contributed by atoms with Crippen LogP contribution < -0.4 is 5.73 Å². The molecule has 0 aromatic heterocycles. The molecule has 0 aromatic carbocycles. The second kappa shape index (κ2) is 8.92. The van der Waals surface area contributed by atoms with Gasteiger partial charge >= 0.3 is 0 Å². The molecule has 1 unspecified atom stereocenters. The third-order valence-electron chi connectivity index (χ3n) is 4.84. The van der Waals surface area contributed by atoms with Crippen LogP contribution in [0.4, 0.5) is 0 Å². The maximum absolute atomic E-state index is 6.44. The van der Waals surface area contributed by atoms with Crippen molar-refractivity contribution in [2.75, 3.05) is 19.6 Å². The van der Waals surface area contributed by atoms with E-state index in [2.05, 4.69) is 25.7 Å². The monoisotopic (exact) mass is 254 g/mol. The molecule has 2 nitrogen and oxygen atoms in total. The van der Waals surface area contributed by atoms with Crippen LogP contribution >= 0.6 is 0 Å². The molecule has 1 aliphatic rings. The van der Waals surface area contributed by atoms with Crippen LogP contribution in [0.15, 0.2) is 0 Å². The summed E-state index contributed by atoms with van der Waals surface area (Å²) in [6, 6.07) is 0.402. The van der Waals surface area contributed by atoms with Gasteiger partial charge in [0.15, 0.2) is 0 Å². The fraction of sp³-hybridized carbons (Fsp3) is 1.00. The van der Waals surface area contributed by atoms with Crippen LogP contribution in [-0.2, 0) is 0 Å². The molecule has 0 radical (unpaired) electrons. The second-order valence-corrected chi connectivity index (χ2v) is 6.10.